The summed E-state index contributed by atoms with van der Waals surface area (Å²) in [6.45, 7) is 3.07. The van der Waals surface area contributed by atoms with E-state index >= 15 is 0 Å². The molecule has 0 bridgehead atoms. The van der Waals surface area contributed by atoms with Crippen molar-refractivity contribution in [1.29, 1.82) is 0 Å². The van der Waals surface area contributed by atoms with Crippen molar-refractivity contribution in [3.8, 4) is 0 Å². The topological polar surface area (TPSA) is 64.3 Å². The van der Waals surface area contributed by atoms with E-state index < -0.39 is 0 Å². The Morgan fingerprint density at radius 1 is 1.50 bits per heavy atom. The molecule has 98 valence electrons. The summed E-state index contributed by atoms with van der Waals surface area (Å²) in [4.78, 5) is 11.9. The Hall–Kier alpha value is -1.39. The van der Waals surface area contributed by atoms with Crippen LogP contribution in [0, 0.1) is 5.92 Å². The largest absolute Gasteiger partial charge is 0.378 e. The summed E-state index contributed by atoms with van der Waals surface area (Å²) in [6.07, 6.45) is 0.811. The minimum Gasteiger partial charge on any atom is -0.378 e. The van der Waals surface area contributed by atoms with E-state index in [9.17, 15) is 4.79 Å². The smallest absolute Gasteiger partial charge is 0.225 e. The van der Waals surface area contributed by atoms with Gasteiger partial charge in [-0.05, 0) is 18.9 Å². The molecule has 4 nitrogen and oxygen atoms in total. The van der Waals surface area contributed by atoms with E-state index in [0.29, 0.717) is 13.2 Å². The third-order valence-electron chi connectivity index (χ3n) is 3.44. The van der Waals surface area contributed by atoms with Gasteiger partial charge in [0.2, 0.25) is 5.91 Å². The zero-order chi connectivity index (χ0) is 13.0. The van der Waals surface area contributed by atoms with Crippen LogP contribution < -0.4 is 11.1 Å². The summed E-state index contributed by atoms with van der Waals surface area (Å²) in [6, 6.07) is 9.63. The highest BCUT2D eigenvalue weighted by molar-refractivity contribution is 5.79. The Bertz CT molecular complexity index is 394. The molecule has 0 saturated carbocycles. The molecule has 2 rings (SSSR count). The maximum atomic E-state index is 11.9. The SMILES string of the molecule is CC1OCCC1C(=O)NCC(N)c1ccccc1. The van der Waals surface area contributed by atoms with Crippen molar-refractivity contribution < 1.29 is 9.53 Å². The summed E-state index contributed by atoms with van der Waals surface area (Å²) < 4.78 is 5.39. The average molecular weight is 248 g/mol. The fourth-order valence-corrected chi connectivity index (χ4v) is 2.24. The Morgan fingerprint density at radius 3 is 2.83 bits per heavy atom. The molecule has 0 aromatic heterocycles. The van der Waals surface area contributed by atoms with Crippen LogP contribution in [0.3, 0.4) is 0 Å². The molecule has 3 unspecified atom stereocenters. The number of hydrogen-bond acceptors (Lipinski definition) is 3. The number of amides is 1. The molecule has 1 saturated heterocycles. The fourth-order valence-electron chi connectivity index (χ4n) is 2.24. The Morgan fingerprint density at radius 2 is 2.22 bits per heavy atom. The predicted octanol–water partition coefficient (Wildman–Crippen LogP) is 1.23. The molecule has 0 radical (unpaired) electrons. The Kier molecular flexibility index (Phi) is 4.33. The van der Waals surface area contributed by atoms with Crippen LogP contribution >= 0.6 is 0 Å². The number of benzene rings is 1. The zero-order valence-electron chi connectivity index (χ0n) is 10.6. The highest BCUT2D eigenvalue weighted by atomic mass is 16.5. The van der Waals surface area contributed by atoms with Crippen molar-refractivity contribution in [3.63, 3.8) is 0 Å². The quantitative estimate of drug-likeness (QED) is 0.842. The van der Waals surface area contributed by atoms with E-state index in [1.807, 2.05) is 37.3 Å². The number of carbonyl (C=O) groups is 1. The number of rotatable bonds is 4. The molecule has 3 N–H and O–H groups in total. The first-order valence-electron chi connectivity index (χ1n) is 6.38. The van der Waals surface area contributed by atoms with Crippen molar-refractivity contribution in [2.75, 3.05) is 13.2 Å². The lowest BCUT2D eigenvalue weighted by atomic mass is 10.0. The molecule has 3 atom stereocenters. The Balaban J connectivity index is 1.83. The molecule has 0 spiro atoms. The van der Waals surface area contributed by atoms with Gasteiger partial charge in [0.25, 0.3) is 0 Å². The van der Waals surface area contributed by atoms with Gasteiger partial charge in [0.1, 0.15) is 0 Å². The summed E-state index contributed by atoms with van der Waals surface area (Å²) in [5.41, 5.74) is 7.07. The lowest BCUT2D eigenvalue weighted by molar-refractivity contribution is -0.126. The van der Waals surface area contributed by atoms with Gasteiger partial charge in [-0.2, -0.15) is 0 Å². The van der Waals surface area contributed by atoms with Crippen molar-refractivity contribution >= 4 is 5.91 Å². The van der Waals surface area contributed by atoms with Gasteiger partial charge >= 0.3 is 0 Å². The number of carbonyl (C=O) groups excluding carboxylic acids is 1. The van der Waals surface area contributed by atoms with Gasteiger partial charge in [-0.15, -0.1) is 0 Å². The molecule has 1 amide bonds. The van der Waals surface area contributed by atoms with Crippen LogP contribution in [0.5, 0.6) is 0 Å². The van der Waals surface area contributed by atoms with Crippen LogP contribution in [0.15, 0.2) is 30.3 Å². The lowest BCUT2D eigenvalue weighted by Gasteiger charge is -2.17. The fraction of sp³-hybridized carbons (Fsp3) is 0.500. The molecule has 1 aromatic rings. The second-order valence-corrected chi connectivity index (χ2v) is 4.73. The van der Waals surface area contributed by atoms with E-state index in [-0.39, 0.29) is 24.0 Å². The normalized spacial score (nSPS) is 24.8. The van der Waals surface area contributed by atoms with E-state index in [4.69, 9.17) is 10.5 Å². The highest BCUT2D eigenvalue weighted by Crippen LogP contribution is 2.20. The summed E-state index contributed by atoms with van der Waals surface area (Å²) in [5, 5.41) is 2.91. The zero-order valence-corrected chi connectivity index (χ0v) is 10.6. The third-order valence-corrected chi connectivity index (χ3v) is 3.44. The van der Waals surface area contributed by atoms with Crippen LogP contribution in [-0.2, 0) is 9.53 Å². The average Bonchev–Trinajstić information content (AvgIpc) is 2.83. The summed E-state index contributed by atoms with van der Waals surface area (Å²) in [7, 11) is 0. The molecule has 4 heteroatoms. The lowest BCUT2D eigenvalue weighted by Crippen LogP contribution is -2.38. The second-order valence-electron chi connectivity index (χ2n) is 4.73. The van der Waals surface area contributed by atoms with E-state index in [2.05, 4.69) is 5.32 Å². The van der Waals surface area contributed by atoms with Crippen molar-refractivity contribution in [2.45, 2.75) is 25.5 Å². The number of nitrogens with one attached hydrogen (secondary N) is 1. The standard InChI is InChI=1S/C14H20N2O2/c1-10-12(7-8-18-10)14(17)16-9-13(15)11-5-3-2-4-6-11/h2-6,10,12-13H,7-9,15H2,1H3,(H,16,17). The van der Waals surface area contributed by atoms with E-state index in [1.54, 1.807) is 0 Å². The summed E-state index contributed by atoms with van der Waals surface area (Å²) >= 11 is 0. The van der Waals surface area contributed by atoms with E-state index in [0.717, 1.165) is 12.0 Å². The van der Waals surface area contributed by atoms with Gasteiger partial charge in [-0.1, -0.05) is 30.3 Å². The van der Waals surface area contributed by atoms with Crippen LogP contribution in [-0.4, -0.2) is 25.2 Å². The third kappa shape index (κ3) is 3.09. The minimum absolute atomic E-state index is 0.0120. The van der Waals surface area contributed by atoms with Crippen molar-refractivity contribution in [1.82, 2.24) is 5.32 Å². The van der Waals surface area contributed by atoms with Crippen LogP contribution in [0.25, 0.3) is 0 Å². The Labute approximate surface area is 108 Å². The molecule has 0 aliphatic carbocycles. The molecule has 18 heavy (non-hydrogen) atoms. The monoisotopic (exact) mass is 248 g/mol. The van der Waals surface area contributed by atoms with Gasteiger partial charge in [0.05, 0.1) is 12.0 Å². The van der Waals surface area contributed by atoms with Gasteiger partial charge in [-0.25, -0.2) is 0 Å². The molecule has 1 aliphatic heterocycles. The first-order chi connectivity index (χ1) is 8.68. The first kappa shape index (κ1) is 13.1. The van der Waals surface area contributed by atoms with Crippen molar-refractivity contribution in [3.05, 3.63) is 35.9 Å². The van der Waals surface area contributed by atoms with Gasteiger partial charge in [0.15, 0.2) is 0 Å². The van der Waals surface area contributed by atoms with Gasteiger partial charge in [-0.3, -0.25) is 4.79 Å². The number of nitrogens with two attached hydrogens (primary N) is 1. The van der Waals surface area contributed by atoms with Crippen LogP contribution in [0.1, 0.15) is 24.9 Å². The van der Waals surface area contributed by atoms with Gasteiger partial charge < -0.3 is 15.8 Å². The maximum Gasteiger partial charge on any atom is 0.225 e. The van der Waals surface area contributed by atoms with Gasteiger partial charge in [0, 0.05) is 19.2 Å². The van der Waals surface area contributed by atoms with Crippen LogP contribution in [0.2, 0.25) is 0 Å². The summed E-state index contributed by atoms with van der Waals surface area (Å²) in [5.74, 6) is 0.0133. The molecule has 1 aliphatic rings. The van der Waals surface area contributed by atoms with E-state index in [1.165, 1.54) is 0 Å². The molecule has 1 fully saturated rings. The number of hydrogen-bond donors (Lipinski definition) is 2. The molecule has 1 heterocycles. The van der Waals surface area contributed by atoms with Crippen LogP contribution in [0.4, 0.5) is 0 Å². The minimum atomic E-state index is -0.159. The first-order valence-corrected chi connectivity index (χ1v) is 6.38. The predicted molar refractivity (Wildman–Crippen MR) is 69.9 cm³/mol. The molecule has 1 aromatic carbocycles. The van der Waals surface area contributed by atoms with Crippen molar-refractivity contribution in [2.24, 2.45) is 11.7 Å². The molecular weight excluding hydrogens is 228 g/mol. The second kappa shape index (κ2) is 5.98. The highest BCUT2D eigenvalue weighted by Gasteiger charge is 2.30. The number of ether oxygens (including phenoxy) is 1. The molecular formula is C14H20N2O2. The maximum absolute atomic E-state index is 11.9.